The van der Waals surface area contributed by atoms with E-state index in [1.807, 2.05) is 0 Å². The summed E-state index contributed by atoms with van der Waals surface area (Å²) < 4.78 is 76.7. The number of anilines is 1. The lowest BCUT2D eigenvalue weighted by Crippen LogP contribution is -2.28. The van der Waals surface area contributed by atoms with Gasteiger partial charge in [0, 0.05) is 11.9 Å². The van der Waals surface area contributed by atoms with Gasteiger partial charge in [0.15, 0.2) is 5.11 Å². The summed E-state index contributed by atoms with van der Waals surface area (Å²) >= 11 is 4.90. The Bertz CT molecular complexity index is 711. The third kappa shape index (κ3) is 5.59. The Labute approximate surface area is 144 Å². The highest BCUT2D eigenvalue weighted by molar-refractivity contribution is 7.80. The van der Waals surface area contributed by atoms with Gasteiger partial charge in [0.05, 0.1) is 23.4 Å². The molecule has 0 radical (unpaired) electrons. The van der Waals surface area contributed by atoms with E-state index >= 15 is 0 Å². The molecule has 1 aromatic carbocycles. The molecule has 1 heterocycles. The van der Waals surface area contributed by atoms with E-state index in [1.165, 1.54) is 6.20 Å². The molecule has 10 heteroatoms. The van der Waals surface area contributed by atoms with Crippen LogP contribution in [0.25, 0.3) is 0 Å². The maximum absolute atomic E-state index is 12.8. The quantitative estimate of drug-likeness (QED) is 0.604. The summed E-state index contributed by atoms with van der Waals surface area (Å²) in [5, 5.41) is 4.86. The van der Waals surface area contributed by atoms with Gasteiger partial charge in [-0.3, -0.25) is 4.98 Å². The van der Waals surface area contributed by atoms with Crippen molar-refractivity contribution in [3.63, 3.8) is 0 Å². The average Bonchev–Trinajstić information content (AvgIpc) is 2.52. The summed E-state index contributed by atoms with van der Waals surface area (Å²) in [6.07, 6.45) is -8.29. The number of aromatic nitrogens is 1. The monoisotopic (exact) mass is 379 g/mol. The van der Waals surface area contributed by atoms with Crippen molar-refractivity contribution < 1.29 is 26.3 Å². The summed E-state index contributed by atoms with van der Waals surface area (Å²) in [5.74, 6) is 0. The summed E-state index contributed by atoms with van der Waals surface area (Å²) in [7, 11) is 0. The topological polar surface area (TPSA) is 37.0 Å². The van der Waals surface area contributed by atoms with E-state index in [2.05, 4.69) is 15.6 Å². The lowest BCUT2D eigenvalue weighted by atomic mass is 10.1. The van der Waals surface area contributed by atoms with Gasteiger partial charge in [0.25, 0.3) is 0 Å². The second-order valence-corrected chi connectivity index (χ2v) is 5.33. The molecule has 0 unspecified atom stereocenters. The zero-order chi connectivity index (χ0) is 18.7. The number of hydrogen-bond acceptors (Lipinski definition) is 2. The van der Waals surface area contributed by atoms with E-state index in [4.69, 9.17) is 12.2 Å². The molecule has 0 amide bonds. The maximum Gasteiger partial charge on any atom is 0.416 e. The van der Waals surface area contributed by atoms with Crippen molar-refractivity contribution in [2.75, 3.05) is 5.32 Å². The number of alkyl halides is 6. The molecule has 0 fully saturated rings. The van der Waals surface area contributed by atoms with Gasteiger partial charge in [-0.25, -0.2) is 0 Å². The fourth-order valence-corrected chi connectivity index (χ4v) is 2.07. The Hall–Kier alpha value is -2.36. The number of rotatable bonds is 3. The summed E-state index contributed by atoms with van der Waals surface area (Å²) in [6.45, 7) is 0.164. The van der Waals surface area contributed by atoms with Crippen molar-refractivity contribution in [1.82, 2.24) is 10.3 Å². The van der Waals surface area contributed by atoms with Gasteiger partial charge >= 0.3 is 12.4 Å². The number of pyridine rings is 1. The zero-order valence-electron chi connectivity index (χ0n) is 12.4. The molecule has 3 nitrogen and oxygen atoms in total. The second kappa shape index (κ2) is 7.26. The van der Waals surface area contributed by atoms with Crippen molar-refractivity contribution in [3.8, 4) is 0 Å². The van der Waals surface area contributed by atoms with Gasteiger partial charge in [0.2, 0.25) is 0 Å². The van der Waals surface area contributed by atoms with Crippen molar-refractivity contribution in [2.24, 2.45) is 0 Å². The van der Waals surface area contributed by atoms with Gasteiger partial charge in [0.1, 0.15) is 0 Å². The number of hydrogen-bond donors (Lipinski definition) is 2. The average molecular weight is 379 g/mol. The van der Waals surface area contributed by atoms with Crippen molar-refractivity contribution in [1.29, 1.82) is 0 Å². The Morgan fingerprint density at radius 3 is 2.04 bits per heavy atom. The van der Waals surface area contributed by atoms with Gasteiger partial charge in [-0.2, -0.15) is 26.3 Å². The normalized spacial score (nSPS) is 11.9. The molecule has 2 rings (SSSR count). The lowest BCUT2D eigenvalue weighted by molar-refractivity contribution is -0.143. The van der Waals surface area contributed by atoms with Crippen LogP contribution < -0.4 is 10.6 Å². The van der Waals surface area contributed by atoms with E-state index < -0.39 is 29.2 Å². The van der Waals surface area contributed by atoms with E-state index in [0.717, 1.165) is 0 Å². The molecule has 0 saturated heterocycles. The Morgan fingerprint density at radius 1 is 0.960 bits per heavy atom. The first-order valence-electron chi connectivity index (χ1n) is 6.80. The minimum absolute atomic E-state index is 0.0511. The first kappa shape index (κ1) is 19.0. The van der Waals surface area contributed by atoms with Gasteiger partial charge < -0.3 is 10.6 Å². The van der Waals surface area contributed by atoms with E-state index in [0.29, 0.717) is 17.8 Å². The van der Waals surface area contributed by atoms with Crippen LogP contribution in [0.15, 0.2) is 42.6 Å². The fraction of sp³-hybridized carbons (Fsp3) is 0.200. The Kier molecular flexibility index (Phi) is 5.51. The van der Waals surface area contributed by atoms with Crippen LogP contribution >= 0.6 is 12.2 Å². The molecule has 0 atom stereocenters. The molecule has 0 aliphatic carbocycles. The van der Waals surface area contributed by atoms with Crippen LogP contribution in [0, 0.1) is 0 Å². The zero-order valence-corrected chi connectivity index (χ0v) is 13.2. The molecular formula is C15H11F6N3S. The molecule has 0 aliphatic rings. The highest BCUT2D eigenvalue weighted by Gasteiger charge is 2.37. The smallest absolute Gasteiger partial charge is 0.357 e. The van der Waals surface area contributed by atoms with E-state index in [-0.39, 0.29) is 17.7 Å². The predicted octanol–water partition coefficient (Wildman–Crippen LogP) is 4.61. The predicted molar refractivity (Wildman–Crippen MR) is 83.7 cm³/mol. The van der Waals surface area contributed by atoms with Crippen LogP contribution in [-0.4, -0.2) is 10.1 Å². The minimum atomic E-state index is -4.92. The first-order chi connectivity index (χ1) is 11.6. The Balaban J connectivity index is 2.16. The third-order valence-corrected chi connectivity index (χ3v) is 3.25. The molecule has 134 valence electrons. The molecule has 2 N–H and O–H groups in total. The molecule has 1 aromatic heterocycles. The number of nitrogens with zero attached hydrogens (tertiary/aromatic N) is 1. The van der Waals surface area contributed by atoms with E-state index in [9.17, 15) is 26.3 Å². The third-order valence-electron chi connectivity index (χ3n) is 3.00. The van der Waals surface area contributed by atoms with Crippen LogP contribution in [0.5, 0.6) is 0 Å². The van der Waals surface area contributed by atoms with Crippen molar-refractivity contribution in [2.45, 2.75) is 18.9 Å². The maximum atomic E-state index is 12.8. The summed E-state index contributed by atoms with van der Waals surface area (Å²) in [6, 6.07) is 6.27. The van der Waals surface area contributed by atoms with E-state index in [1.54, 1.807) is 18.2 Å². The second-order valence-electron chi connectivity index (χ2n) is 4.92. The van der Waals surface area contributed by atoms with Crippen molar-refractivity contribution >= 4 is 23.0 Å². The highest BCUT2D eigenvalue weighted by Crippen LogP contribution is 2.37. The largest absolute Gasteiger partial charge is 0.416 e. The number of thiocarbonyl (C=S) groups is 1. The van der Waals surface area contributed by atoms with Crippen LogP contribution in [0.1, 0.15) is 16.8 Å². The van der Waals surface area contributed by atoms with Gasteiger partial charge in [-0.15, -0.1) is 0 Å². The molecule has 2 aromatic rings. The fourth-order valence-electron chi connectivity index (χ4n) is 1.88. The van der Waals surface area contributed by atoms with Gasteiger partial charge in [-0.05, 0) is 42.5 Å². The Morgan fingerprint density at radius 2 is 1.56 bits per heavy atom. The van der Waals surface area contributed by atoms with Crippen LogP contribution in [-0.2, 0) is 18.9 Å². The lowest BCUT2D eigenvalue weighted by Gasteiger charge is -2.16. The molecule has 0 bridgehead atoms. The van der Waals surface area contributed by atoms with Crippen LogP contribution in [0.3, 0.4) is 0 Å². The molecule has 0 spiro atoms. The molecule has 0 aliphatic heterocycles. The van der Waals surface area contributed by atoms with Crippen molar-refractivity contribution in [3.05, 3.63) is 59.4 Å². The van der Waals surface area contributed by atoms with Gasteiger partial charge in [-0.1, -0.05) is 6.07 Å². The standard InChI is InChI=1S/C15H11F6N3S/c16-14(17,18)9-5-10(15(19,20)21)7-12(6-9)24-13(25)23-8-11-3-1-2-4-22-11/h1-7H,8H2,(H2,23,24,25). The molecule has 25 heavy (non-hydrogen) atoms. The summed E-state index contributed by atoms with van der Waals surface area (Å²) in [4.78, 5) is 4.00. The number of nitrogens with one attached hydrogen (secondary N) is 2. The highest BCUT2D eigenvalue weighted by atomic mass is 32.1. The molecular weight excluding hydrogens is 368 g/mol. The van der Waals surface area contributed by atoms with Crippen LogP contribution in [0.2, 0.25) is 0 Å². The number of benzene rings is 1. The SMILES string of the molecule is FC(F)(F)c1cc(NC(=S)NCc2ccccn2)cc(C(F)(F)F)c1. The first-order valence-corrected chi connectivity index (χ1v) is 7.21. The molecule has 0 saturated carbocycles. The minimum Gasteiger partial charge on any atom is -0.357 e. The summed E-state index contributed by atoms with van der Waals surface area (Å²) in [5.41, 5.74) is -2.65. The number of halogens is 6. The van der Waals surface area contributed by atoms with Crippen LogP contribution in [0.4, 0.5) is 32.0 Å².